The Morgan fingerprint density at radius 3 is 2.14 bits per heavy atom. The van der Waals surface area contributed by atoms with Crippen molar-refractivity contribution in [2.24, 2.45) is 5.73 Å². The summed E-state index contributed by atoms with van der Waals surface area (Å²) in [7, 11) is 1.56. The van der Waals surface area contributed by atoms with Crippen LogP contribution < -0.4 is 16.4 Å². The number of carbonyl (C=O) groups excluding carboxylic acids is 3. The molecule has 0 aromatic heterocycles. The Bertz CT molecular complexity index is 561. The van der Waals surface area contributed by atoms with E-state index in [-0.39, 0.29) is 23.9 Å². The van der Waals surface area contributed by atoms with Crippen LogP contribution in [0.15, 0.2) is 24.3 Å². The first-order valence-corrected chi connectivity index (χ1v) is 6.81. The maximum absolute atomic E-state index is 12.2. The van der Waals surface area contributed by atoms with Crippen LogP contribution in [0.1, 0.15) is 31.1 Å². The molecule has 0 bridgehead atoms. The Morgan fingerprint density at radius 2 is 1.68 bits per heavy atom. The molecule has 0 saturated carbocycles. The van der Waals surface area contributed by atoms with E-state index < -0.39 is 6.03 Å². The predicted octanol–water partition coefficient (Wildman–Crippen LogP) is 1.16. The van der Waals surface area contributed by atoms with Gasteiger partial charge in [0, 0.05) is 23.8 Å². The minimum absolute atomic E-state index is 0.0304. The number of primary amides is 1. The number of nitrogens with zero attached hydrogens (tertiary/aromatic N) is 1. The van der Waals surface area contributed by atoms with Gasteiger partial charge in [-0.05, 0) is 45.0 Å². The summed E-state index contributed by atoms with van der Waals surface area (Å²) in [6.07, 6.45) is 0. The van der Waals surface area contributed by atoms with E-state index in [1.165, 1.54) is 4.90 Å². The van der Waals surface area contributed by atoms with Crippen molar-refractivity contribution >= 4 is 23.5 Å². The molecule has 0 radical (unpaired) electrons. The summed E-state index contributed by atoms with van der Waals surface area (Å²) in [5.74, 6) is -0.509. The number of anilines is 1. The average Bonchev–Trinajstić information content (AvgIpc) is 2.35. The summed E-state index contributed by atoms with van der Waals surface area (Å²) < 4.78 is 0. The van der Waals surface area contributed by atoms with Gasteiger partial charge in [0.25, 0.3) is 5.91 Å². The summed E-state index contributed by atoms with van der Waals surface area (Å²) in [4.78, 5) is 36.1. The van der Waals surface area contributed by atoms with Crippen LogP contribution in [-0.4, -0.2) is 41.9 Å². The van der Waals surface area contributed by atoms with Crippen LogP contribution in [-0.2, 0) is 4.79 Å². The van der Waals surface area contributed by atoms with Crippen LogP contribution in [0.3, 0.4) is 0 Å². The minimum atomic E-state index is -0.671. The van der Waals surface area contributed by atoms with Crippen LogP contribution >= 0.6 is 0 Å². The van der Waals surface area contributed by atoms with Crippen molar-refractivity contribution in [2.75, 3.05) is 18.9 Å². The second kappa shape index (κ2) is 6.93. The Hall–Kier alpha value is -2.57. The van der Waals surface area contributed by atoms with Crippen molar-refractivity contribution < 1.29 is 14.4 Å². The number of carbonyl (C=O) groups is 3. The molecule has 120 valence electrons. The quantitative estimate of drug-likeness (QED) is 0.777. The SMILES string of the molecule is CN(CC(=O)NC(C)(C)C)C(=O)c1ccc(NC(N)=O)cc1. The molecule has 0 aliphatic carbocycles. The van der Waals surface area contributed by atoms with Gasteiger partial charge in [-0.3, -0.25) is 9.59 Å². The number of amides is 4. The number of nitrogens with two attached hydrogens (primary N) is 1. The Labute approximate surface area is 129 Å². The van der Waals surface area contributed by atoms with E-state index in [4.69, 9.17) is 5.73 Å². The zero-order valence-electron chi connectivity index (χ0n) is 13.3. The van der Waals surface area contributed by atoms with Gasteiger partial charge in [-0.2, -0.15) is 0 Å². The van der Waals surface area contributed by atoms with E-state index >= 15 is 0 Å². The number of benzene rings is 1. The van der Waals surface area contributed by atoms with E-state index in [9.17, 15) is 14.4 Å². The minimum Gasteiger partial charge on any atom is -0.351 e. The van der Waals surface area contributed by atoms with Crippen molar-refractivity contribution in [1.82, 2.24) is 10.2 Å². The molecule has 1 aromatic carbocycles. The number of rotatable bonds is 4. The van der Waals surface area contributed by atoms with E-state index in [0.29, 0.717) is 11.3 Å². The van der Waals surface area contributed by atoms with E-state index in [1.807, 2.05) is 20.8 Å². The maximum Gasteiger partial charge on any atom is 0.316 e. The molecule has 0 heterocycles. The lowest BCUT2D eigenvalue weighted by molar-refractivity contribution is -0.122. The summed E-state index contributed by atoms with van der Waals surface area (Å²) in [5, 5.41) is 5.20. The molecule has 4 amide bonds. The van der Waals surface area contributed by atoms with Crippen LogP contribution in [0.25, 0.3) is 0 Å². The molecule has 0 atom stereocenters. The third-order valence-electron chi connectivity index (χ3n) is 2.64. The van der Waals surface area contributed by atoms with Gasteiger partial charge >= 0.3 is 6.03 Å². The lowest BCUT2D eigenvalue weighted by atomic mass is 10.1. The van der Waals surface area contributed by atoms with Crippen molar-refractivity contribution in [3.05, 3.63) is 29.8 Å². The predicted molar refractivity (Wildman–Crippen MR) is 84.5 cm³/mol. The topological polar surface area (TPSA) is 105 Å². The van der Waals surface area contributed by atoms with Gasteiger partial charge in [0.2, 0.25) is 5.91 Å². The fourth-order valence-electron chi connectivity index (χ4n) is 1.80. The first-order valence-electron chi connectivity index (χ1n) is 6.81. The first-order chi connectivity index (χ1) is 10.1. The standard InChI is InChI=1S/C15H22N4O3/c1-15(2,3)18-12(20)9-19(4)13(21)10-5-7-11(8-6-10)17-14(16)22/h5-8H,9H2,1-4H3,(H,18,20)(H3,16,17,22). The van der Waals surface area contributed by atoms with Gasteiger partial charge in [-0.25, -0.2) is 4.79 Å². The third-order valence-corrected chi connectivity index (χ3v) is 2.64. The highest BCUT2D eigenvalue weighted by Crippen LogP contribution is 2.11. The zero-order valence-corrected chi connectivity index (χ0v) is 13.3. The molecule has 0 aliphatic rings. The molecule has 4 N–H and O–H groups in total. The summed E-state index contributed by atoms with van der Waals surface area (Å²) >= 11 is 0. The molecule has 0 aliphatic heterocycles. The second-order valence-electron chi connectivity index (χ2n) is 6.03. The maximum atomic E-state index is 12.2. The van der Waals surface area contributed by atoms with Gasteiger partial charge in [-0.1, -0.05) is 0 Å². The Morgan fingerprint density at radius 1 is 1.14 bits per heavy atom. The monoisotopic (exact) mass is 306 g/mol. The first kappa shape index (κ1) is 17.5. The van der Waals surface area contributed by atoms with Crippen molar-refractivity contribution in [3.8, 4) is 0 Å². The lowest BCUT2D eigenvalue weighted by Gasteiger charge is -2.23. The number of urea groups is 1. The normalized spacial score (nSPS) is 10.7. The van der Waals surface area contributed by atoms with Crippen molar-refractivity contribution in [1.29, 1.82) is 0 Å². The van der Waals surface area contributed by atoms with Crippen molar-refractivity contribution in [2.45, 2.75) is 26.3 Å². The van der Waals surface area contributed by atoms with Crippen molar-refractivity contribution in [3.63, 3.8) is 0 Å². The van der Waals surface area contributed by atoms with Gasteiger partial charge in [0.15, 0.2) is 0 Å². The average molecular weight is 306 g/mol. The number of hydrogen-bond donors (Lipinski definition) is 3. The lowest BCUT2D eigenvalue weighted by Crippen LogP contribution is -2.46. The molecular formula is C15H22N4O3. The molecule has 1 aromatic rings. The molecule has 1 rings (SSSR count). The van der Waals surface area contributed by atoms with Gasteiger partial charge < -0.3 is 21.3 Å². The van der Waals surface area contributed by atoms with E-state index in [1.54, 1.807) is 31.3 Å². The molecule has 0 spiro atoms. The molecule has 7 heteroatoms. The molecule has 0 unspecified atom stereocenters. The Balaban J connectivity index is 2.66. The molecular weight excluding hydrogens is 284 g/mol. The smallest absolute Gasteiger partial charge is 0.316 e. The number of hydrogen-bond acceptors (Lipinski definition) is 3. The number of nitrogens with one attached hydrogen (secondary N) is 2. The van der Waals surface area contributed by atoms with Crippen LogP contribution in [0, 0.1) is 0 Å². The molecule has 0 saturated heterocycles. The van der Waals surface area contributed by atoms with Gasteiger partial charge in [0.1, 0.15) is 0 Å². The highest BCUT2D eigenvalue weighted by atomic mass is 16.2. The summed E-state index contributed by atoms with van der Waals surface area (Å²) in [6, 6.07) is 5.59. The van der Waals surface area contributed by atoms with Gasteiger partial charge in [0.05, 0.1) is 6.54 Å². The molecule has 0 fully saturated rings. The summed E-state index contributed by atoms with van der Waals surface area (Å²) in [5.41, 5.74) is 5.58. The molecule has 7 nitrogen and oxygen atoms in total. The highest BCUT2D eigenvalue weighted by Gasteiger charge is 2.18. The second-order valence-corrected chi connectivity index (χ2v) is 6.03. The van der Waals surface area contributed by atoms with Crippen LogP contribution in [0.5, 0.6) is 0 Å². The van der Waals surface area contributed by atoms with Gasteiger partial charge in [-0.15, -0.1) is 0 Å². The van der Waals surface area contributed by atoms with E-state index in [0.717, 1.165) is 0 Å². The highest BCUT2D eigenvalue weighted by molar-refractivity contribution is 5.97. The van der Waals surface area contributed by atoms with Crippen LogP contribution in [0.4, 0.5) is 10.5 Å². The largest absolute Gasteiger partial charge is 0.351 e. The zero-order chi connectivity index (χ0) is 16.9. The van der Waals surface area contributed by atoms with Crippen LogP contribution in [0.2, 0.25) is 0 Å². The van der Waals surface area contributed by atoms with E-state index in [2.05, 4.69) is 10.6 Å². The fraction of sp³-hybridized carbons (Fsp3) is 0.400. The summed E-state index contributed by atoms with van der Waals surface area (Å²) in [6.45, 7) is 5.59. The molecule has 22 heavy (non-hydrogen) atoms. The third kappa shape index (κ3) is 5.82. The number of likely N-dealkylation sites (N-methyl/N-ethyl adjacent to an activating group) is 1. The fourth-order valence-corrected chi connectivity index (χ4v) is 1.80. The Kier molecular flexibility index (Phi) is 5.50.